The molecule has 0 radical (unpaired) electrons. The second kappa shape index (κ2) is 6.46. The molecule has 0 atom stereocenters. The van der Waals surface area contributed by atoms with Crippen molar-refractivity contribution >= 4 is 23.3 Å². The smallest absolute Gasteiger partial charge is 0.269 e. The summed E-state index contributed by atoms with van der Waals surface area (Å²) in [5.74, 6) is 0. The molecule has 0 heterocycles. The van der Waals surface area contributed by atoms with Crippen LogP contribution < -0.4 is 4.31 Å². The van der Waals surface area contributed by atoms with Crippen molar-refractivity contribution in [3.8, 4) is 0 Å². The molecule has 0 unspecified atom stereocenters. The molecule has 1 aromatic carbocycles. The van der Waals surface area contributed by atoms with Crippen LogP contribution in [0.5, 0.6) is 0 Å². The molecule has 0 amide bonds. The van der Waals surface area contributed by atoms with Crippen molar-refractivity contribution in [3.05, 3.63) is 34.4 Å². The Bertz CT molecular complexity index is 367. The number of rotatable bonds is 6. The van der Waals surface area contributed by atoms with E-state index in [9.17, 15) is 10.1 Å². The molecule has 0 fully saturated rings. The normalized spacial score (nSPS) is 10.6. The summed E-state index contributed by atoms with van der Waals surface area (Å²) in [4.78, 5) is 12.3. The van der Waals surface area contributed by atoms with Gasteiger partial charge in [0.05, 0.1) is 4.92 Å². The average Bonchev–Trinajstić information content (AvgIpc) is 2.30. The molecule has 0 aliphatic carbocycles. The number of likely N-dealkylation sites (N-methyl/N-ethyl adjacent to an activating group) is 1. The van der Waals surface area contributed by atoms with Gasteiger partial charge in [0, 0.05) is 37.2 Å². The molecule has 0 saturated heterocycles. The predicted octanol–water partition coefficient (Wildman–Crippen LogP) is 2.24. The molecular formula is C11H17N3O2S. The minimum atomic E-state index is -0.382. The van der Waals surface area contributed by atoms with Crippen LogP contribution in [0.15, 0.2) is 24.3 Å². The highest BCUT2D eigenvalue weighted by molar-refractivity contribution is 7.99. The van der Waals surface area contributed by atoms with Gasteiger partial charge in [0.15, 0.2) is 0 Å². The molecule has 0 spiro atoms. The molecule has 0 aromatic heterocycles. The first-order valence-electron chi connectivity index (χ1n) is 5.25. The topological polar surface area (TPSA) is 49.6 Å². The van der Waals surface area contributed by atoms with Crippen molar-refractivity contribution in [3.63, 3.8) is 0 Å². The lowest BCUT2D eigenvalue weighted by Gasteiger charge is -2.23. The molecule has 0 saturated carbocycles. The maximum Gasteiger partial charge on any atom is 0.269 e. The van der Waals surface area contributed by atoms with Crippen molar-refractivity contribution in [1.29, 1.82) is 0 Å². The highest BCUT2D eigenvalue weighted by atomic mass is 32.2. The highest BCUT2D eigenvalue weighted by Gasteiger charge is 2.08. The van der Waals surface area contributed by atoms with Crippen molar-refractivity contribution < 1.29 is 4.92 Å². The highest BCUT2D eigenvalue weighted by Crippen LogP contribution is 2.23. The average molecular weight is 255 g/mol. The molecule has 0 bridgehead atoms. The zero-order chi connectivity index (χ0) is 12.8. The zero-order valence-electron chi connectivity index (χ0n) is 10.3. The second-order valence-electron chi connectivity index (χ2n) is 3.86. The summed E-state index contributed by atoms with van der Waals surface area (Å²) in [5.41, 5.74) is 1.12. The molecule has 17 heavy (non-hydrogen) atoms. The van der Waals surface area contributed by atoms with E-state index in [1.807, 2.05) is 20.4 Å². The summed E-state index contributed by atoms with van der Waals surface area (Å²) in [6.07, 6.45) is 2.00. The van der Waals surface area contributed by atoms with E-state index in [1.54, 1.807) is 24.1 Å². The van der Waals surface area contributed by atoms with Crippen molar-refractivity contribution in [2.24, 2.45) is 0 Å². The zero-order valence-corrected chi connectivity index (χ0v) is 11.1. The minimum Gasteiger partial charge on any atom is -0.315 e. The minimum absolute atomic E-state index is 0.127. The lowest BCUT2D eigenvalue weighted by molar-refractivity contribution is -0.384. The van der Waals surface area contributed by atoms with Gasteiger partial charge in [-0.05, 0) is 26.2 Å². The largest absolute Gasteiger partial charge is 0.315 e. The number of hydrogen-bond donors (Lipinski definition) is 0. The van der Waals surface area contributed by atoms with Gasteiger partial charge in [-0.3, -0.25) is 10.1 Å². The van der Waals surface area contributed by atoms with Crippen LogP contribution in [0.2, 0.25) is 0 Å². The Hall–Kier alpha value is -1.27. The van der Waals surface area contributed by atoms with Crippen molar-refractivity contribution in [2.45, 2.75) is 0 Å². The number of anilines is 1. The van der Waals surface area contributed by atoms with E-state index in [0.29, 0.717) is 0 Å². The SMILES string of the molecule is CSN(CCN(C)C)c1ccc([N+](=O)[O-])cc1. The van der Waals surface area contributed by atoms with E-state index < -0.39 is 0 Å². The van der Waals surface area contributed by atoms with Crippen LogP contribution in [0, 0.1) is 10.1 Å². The van der Waals surface area contributed by atoms with E-state index in [-0.39, 0.29) is 10.6 Å². The molecule has 0 N–H and O–H groups in total. The van der Waals surface area contributed by atoms with Gasteiger partial charge in [0.1, 0.15) is 0 Å². The molecule has 0 aliphatic heterocycles. The number of benzene rings is 1. The van der Waals surface area contributed by atoms with Crippen molar-refractivity contribution in [2.75, 3.05) is 37.7 Å². The first-order valence-corrected chi connectivity index (χ1v) is 6.43. The summed E-state index contributed by atoms with van der Waals surface area (Å²) >= 11 is 1.62. The maximum absolute atomic E-state index is 10.5. The summed E-state index contributed by atoms with van der Waals surface area (Å²) in [6.45, 7) is 1.82. The van der Waals surface area contributed by atoms with Gasteiger partial charge in [0.2, 0.25) is 0 Å². The molecule has 0 aliphatic rings. The fourth-order valence-electron chi connectivity index (χ4n) is 1.36. The number of nitro groups is 1. The Kier molecular flexibility index (Phi) is 5.24. The van der Waals surface area contributed by atoms with Crippen LogP contribution in [0.4, 0.5) is 11.4 Å². The summed E-state index contributed by atoms with van der Waals surface area (Å²) in [6, 6.07) is 6.64. The second-order valence-corrected chi connectivity index (χ2v) is 4.67. The van der Waals surface area contributed by atoms with Crippen LogP contribution in [-0.2, 0) is 0 Å². The lowest BCUT2D eigenvalue weighted by atomic mass is 10.3. The van der Waals surface area contributed by atoms with Gasteiger partial charge in [-0.25, -0.2) is 0 Å². The summed E-state index contributed by atoms with van der Waals surface area (Å²) in [5, 5.41) is 10.5. The van der Waals surface area contributed by atoms with Gasteiger partial charge in [-0.15, -0.1) is 0 Å². The predicted molar refractivity (Wildman–Crippen MR) is 72.5 cm³/mol. The third kappa shape index (κ3) is 4.24. The van der Waals surface area contributed by atoms with E-state index in [0.717, 1.165) is 18.8 Å². The van der Waals surface area contributed by atoms with Gasteiger partial charge < -0.3 is 9.21 Å². The van der Waals surface area contributed by atoms with Crippen LogP contribution in [-0.4, -0.2) is 43.3 Å². The van der Waals surface area contributed by atoms with Gasteiger partial charge >= 0.3 is 0 Å². The Morgan fingerprint density at radius 1 is 1.24 bits per heavy atom. The Balaban J connectivity index is 2.71. The Labute approximate surface area is 106 Å². The van der Waals surface area contributed by atoms with Gasteiger partial charge in [0.25, 0.3) is 5.69 Å². The number of nitrogens with zero attached hydrogens (tertiary/aromatic N) is 3. The molecule has 1 rings (SSSR count). The monoisotopic (exact) mass is 255 g/mol. The number of hydrogen-bond acceptors (Lipinski definition) is 5. The quantitative estimate of drug-likeness (QED) is 0.443. The van der Waals surface area contributed by atoms with Crippen molar-refractivity contribution in [1.82, 2.24) is 4.90 Å². The molecule has 94 valence electrons. The summed E-state index contributed by atoms with van der Waals surface area (Å²) in [7, 11) is 4.04. The van der Waals surface area contributed by atoms with Gasteiger partial charge in [-0.2, -0.15) is 0 Å². The fraction of sp³-hybridized carbons (Fsp3) is 0.455. The van der Waals surface area contributed by atoms with E-state index in [4.69, 9.17) is 0 Å². The molecular weight excluding hydrogens is 238 g/mol. The van der Waals surface area contributed by atoms with Crippen LogP contribution >= 0.6 is 11.9 Å². The first-order chi connectivity index (χ1) is 8.04. The van der Waals surface area contributed by atoms with E-state index in [1.165, 1.54) is 12.1 Å². The third-order valence-corrected chi connectivity index (χ3v) is 3.15. The maximum atomic E-state index is 10.5. The molecule has 5 nitrogen and oxygen atoms in total. The van der Waals surface area contributed by atoms with Gasteiger partial charge in [-0.1, -0.05) is 11.9 Å². The van der Waals surface area contributed by atoms with Crippen LogP contribution in [0.1, 0.15) is 0 Å². The third-order valence-electron chi connectivity index (χ3n) is 2.32. The Morgan fingerprint density at radius 3 is 2.24 bits per heavy atom. The van der Waals surface area contributed by atoms with Crippen LogP contribution in [0.3, 0.4) is 0 Å². The lowest BCUT2D eigenvalue weighted by Crippen LogP contribution is -2.26. The van der Waals surface area contributed by atoms with E-state index >= 15 is 0 Å². The van der Waals surface area contributed by atoms with Crippen LogP contribution in [0.25, 0.3) is 0 Å². The Morgan fingerprint density at radius 2 is 1.82 bits per heavy atom. The molecule has 1 aromatic rings. The summed E-state index contributed by atoms with van der Waals surface area (Å²) < 4.78 is 2.11. The first kappa shape index (κ1) is 13.8. The standard InChI is InChI=1S/C11H17N3O2S/c1-12(2)8-9-13(17-3)10-4-6-11(7-5-10)14(15)16/h4-7H,8-9H2,1-3H3. The number of nitro benzene ring substituents is 1. The van der Waals surface area contributed by atoms with E-state index in [2.05, 4.69) is 9.21 Å². The fourth-order valence-corrected chi connectivity index (χ4v) is 1.95. The number of non-ortho nitro benzene ring substituents is 1. The molecule has 6 heteroatoms.